The Balaban J connectivity index is 1.28. The van der Waals surface area contributed by atoms with Crippen molar-refractivity contribution in [1.29, 1.82) is 0 Å². The van der Waals surface area contributed by atoms with Gasteiger partial charge in [0.1, 0.15) is 0 Å². The van der Waals surface area contributed by atoms with Crippen molar-refractivity contribution in [2.24, 2.45) is 0 Å². The molecule has 3 heteroatoms. The lowest BCUT2D eigenvalue weighted by atomic mass is 9.99. The number of rotatable bonds is 4. The van der Waals surface area contributed by atoms with E-state index in [1.54, 1.807) is 0 Å². The SMILES string of the molecule is C1=CC(c2cccc(-n3c4cc5c(cc4c4c6c(ccc43)sc3ccccc36)c3ccccc3n5-c3cccc(-c4ccccc4)c3)c2)=CCC1. The van der Waals surface area contributed by atoms with Crippen LogP contribution in [0.3, 0.4) is 0 Å². The maximum Gasteiger partial charge on any atom is 0.0562 e. The van der Waals surface area contributed by atoms with Crippen LogP contribution < -0.4 is 0 Å². The molecule has 1 aliphatic carbocycles. The van der Waals surface area contributed by atoms with E-state index >= 15 is 0 Å². The van der Waals surface area contributed by atoms with Gasteiger partial charge in [-0.05, 0) is 95.8 Å². The highest BCUT2D eigenvalue weighted by molar-refractivity contribution is 7.26. The molecule has 0 radical (unpaired) electrons. The molecule has 0 unspecified atom stereocenters. The van der Waals surface area contributed by atoms with Crippen LogP contribution in [0.2, 0.25) is 0 Å². The van der Waals surface area contributed by atoms with E-state index in [1.807, 2.05) is 11.3 Å². The Morgan fingerprint density at radius 1 is 0.412 bits per heavy atom. The first-order chi connectivity index (χ1) is 25.3. The molecule has 11 rings (SSSR count). The summed E-state index contributed by atoms with van der Waals surface area (Å²) in [6, 6.07) is 56.1. The molecule has 240 valence electrons. The van der Waals surface area contributed by atoms with Gasteiger partial charge in [0.2, 0.25) is 0 Å². The molecule has 2 nitrogen and oxygen atoms in total. The van der Waals surface area contributed by atoms with E-state index in [4.69, 9.17) is 0 Å². The van der Waals surface area contributed by atoms with E-state index < -0.39 is 0 Å². The zero-order valence-corrected chi connectivity index (χ0v) is 28.7. The van der Waals surface area contributed by atoms with Crippen molar-refractivity contribution in [2.75, 3.05) is 0 Å². The lowest BCUT2D eigenvalue weighted by molar-refractivity contribution is 1.04. The first-order valence-corrected chi connectivity index (χ1v) is 18.6. The summed E-state index contributed by atoms with van der Waals surface area (Å²) in [5.41, 5.74) is 12.2. The molecular weight excluding hydrogens is 637 g/mol. The molecule has 1 aliphatic rings. The Labute approximate surface area is 299 Å². The molecule has 3 aromatic heterocycles. The van der Waals surface area contributed by atoms with Crippen LogP contribution in [0, 0.1) is 0 Å². The number of hydrogen-bond donors (Lipinski definition) is 0. The highest BCUT2D eigenvalue weighted by Crippen LogP contribution is 2.46. The number of para-hydroxylation sites is 1. The van der Waals surface area contributed by atoms with Crippen LogP contribution in [0.25, 0.3) is 91.9 Å². The molecule has 7 aromatic carbocycles. The molecule has 0 spiro atoms. The van der Waals surface area contributed by atoms with Crippen LogP contribution >= 0.6 is 11.3 Å². The number of aromatic nitrogens is 2. The third-order valence-corrected chi connectivity index (χ3v) is 11.8. The molecule has 0 amide bonds. The number of fused-ring (bicyclic) bond motifs is 10. The van der Waals surface area contributed by atoms with Gasteiger partial charge in [-0.25, -0.2) is 0 Å². The topological polar surface area (TPSA) is 9.86 Å². The van der Waals surface area contributed by atoms with Crippen LogP contribution in [0.15, 0.2) is 170 Å². The molecule has 0 fully saturated rings. The van der Waals surface area contributed by atoms with Gasteiger partial charge in [-0.2, -0.15) is 0 Å². The molecule has 51 heavy (non-hydrogen) atoms. The van der Waals surface area contributed by atoms with Crippen molar-refractivity contribution >= 4 is 80.7 Å². The van der Waals surface area contributed by atoms with Crippen LogP contribution in [-0.2, 0) is 0 Å². The van der Waals surface area contributed by atoms with Crippen LogP contribution in [0.5, 0.6) is 0 Å². The summed E-state index contributed by atoms with van der Waals surface area (Å²) >= 11 is 1.89. The highest BCUT2D eigenvalue weighted by Gasteiger charge is 2.22. The number of nitrogens with zero attached hydrogens (tertiary/aromatic N) is 2. The molecule has 0 aliphatic heterocycles. The maximum atomic E-state index is 2.51. The minimum absolute atomic E-state index is 1.09. The summed E-state index contributed by atoms with van der Waals surface area (Å²) in [6.07, 6.45) is 9.14. The fourth-order valence-corrected chi connectivity index (χ4v) is 9.56. The van der Waals surface area contributed by atoms with Gasteiger partial charge < -0.3 is 9.13 Å². The van der Waals surface area contributed by atoms with Crippen LogP contribution in [0.1, 0.15) is 18.4 Å². The molecule has 10 aromatic rings. The van der Waals surface area contributed by atoms with Crippen molar-refractivity contribution < 1.29 is 0 Å². The molecule has 0 atom stereocenters. The quantitative estimate of drug-likeness (QED) is 0.177. The van der Waals surface area contributed by atoms with Crippen molar-refractivity contribution in [1.82, 2.24) is 9.13 Å². The first-order valence-electron chi connectivity index (χ1n) is 17.8. The van der Waals surface area contributed by atoms with Gasteiger partial charge in [0.15, 0.2) is 0 Å². The van der Waals surface area contributed by atoms with Crippen molar-refractivity contribution in [2.45, 2.75) is 12.8 Å². The van der Waals surface area contributed by atoms with Crippen molar-refractivity contribution in [3.8, 4) is 22.5 Å². The van der Waals surface area contributed by atoms with Gasteiger partial charge in [0.05, 0.1) is 22.1 Å². The van der Waals surface area contributed by atoms with Crippen molar-refractivity contribution in [3.05, 3.63) is 175 Å². The Kier molecular flexibility index (Phi) is 6.28. The number of thiophene rings is 1. The monoisotopic (exact) mass is 668 g/mol. The molecule has 0 N–H and O–H groups in total. The Hall–Kier alpha value is -6.16. The Morgan fingerprint density at radius 2 is 1.12 bits per heavy atom. The van der Waals surface area contributed by atoms with E-state index in [2.05, 4.69) is 179 Å². The first kappa shape index (κ1) is 28.7. The second-order valence-electron chi connectivity index (χ2n) is 13.6. The number of benzene rings is 7. The summed E-state index contributed by atoms with van der Waals surface area (Å²) in [4.78, 5) is 0. The molecule has 0 bridgehead atoms. The zero-order chi connectivity index (χ0) is 33.5. The van der Waals surface area contributed by atoms with Crippen LogP contribution in [0.4, 0.5) is 0 Å². The standard InChI is InChI=1S/C48H32N2S/c1-3-13-31(14-4-1)33-17-11-19-35(27-33)49-41-23-9-7-21-37(41)39-29-40-44(30-43(39)49)50(36-20-12-18-34(28-36)32-15-5-2-6-16-32)42-25-26-46-48(47(40)42)38-22-8-10-24-45(38)51-46/h1,3-5,7-30H,2,6H2. The minimum Gasteiger partial charge on any atom is -0.309 e. The Bertz CT molecular complexity index is 3070. The van der Waals surface area contributed by atoms with Gasteiger partial charge >= 0.3 is 0 Å². The van der Waals surface area contributed by atoms with Crippen LogP contribution in [-0.4, -0.2) is 9.13 Å². The van der Waals surface area contributed by atoms with E-state index in [0.717, 1.165) is 18.5 Å². The number of hydrogen-bond acceptors (Lipinski definition) is 1. The smallest absolute Gasteiger partial charge is 0.0562 e. The summed E-state index contributed by atoms with van der Waals surface area (Å²) in [5.74, 6) is 0. The summed E-state index contributed by atoms with van der Waals surface area (Å²) in [7, 11) is 0. The van der Waals surface area contributed by atoms with Gasteiger partial charge in [-0.3, -0.25) is 0 Å². The van der Waals surface area contributed by atoms with Crippen molar-refractivity contribution in [3.63, 3.8) is 0 Å². The molecule has 0 saturated heterocycles. The van der Waals surface area contributed by atoms with E-state index in [9.17, 15) is 0 Å². The van der Waals surface area contributed by atoms with Gasteiger partial charge in [0, 0.05) is 53.1 Å². The van der Waals surface area contributed by atoms with Gasteiger partial charge in [-0.15, -0.1) is 11.3 Å². The van der Waals surface area contributed by atoms with E-state index in [-0.39, 0.29) is 0 Å². The largest absolute Gasteiger partial charge is 0.309 e. The molecule has 0 saturated carbocycles. The fourth-order valence-electron chi connectivity index (χ4n) is 8.45. The lowest BCUT2D eigenvalue weighted by Crippen LogP contribution is -1.97. The van der Waals surface area contributed by atoms with E-state index in [0.29, 0.717) is 0 Å². The average Bonchev–Trinajstić information content (AvgIpc) is 3.85. The third-order valence-electron chi connectivity index (χ3n) is 10.7. The normalized spacial score (nSPS) is 13.4. The number of allylic oxidation sites excluding steroid dienone is 4. The third kappa shape index (κ3) is 4.35. The lowest BCUT2D eigenvalue weighted by Gasteiger charge is -2.13. The second-order valence-corrected chi connectivity index (χ2v) is 14.7. The van der Waals surface area contributed by atoms with E-state index in [1.165, 1.54) is 91.7 Å². The average molecular weight is 669 g/mol. The summed E-state index contributed by atoms with van der Waals surface area (Å²) in [6.45, 7) is 0. The summed E-state index contributed by atoms with van der Waals surface area (Å²) in [5, 5.41) is 7.82. The fraction of sp³-hybridized carbons (Fsp3) is 0.0417. The second kappa shape index (κ2) is 11.2. The molecule has 3 heterocycles. The maximum absolute atomic E-state index is 2.51. The molecular formula is C48H32N2S. The predicted molar refractivity (Wildman–Crippen MR) is 220 cm³/mol. The minimum atomic E-state index is 1.09. The van der Waals surface area contributed by atoms with Gasteiger partial charge in [-0.1, -0.05) is 109 Å². The highest BCUT2D eigenvalue weighted by atomic mass is 32.1. The Morgan fingerprint density at radius 3 is 1.96 bits per heavy atom. The summed E-state index contributed by atoms with van der Waals surface area (Å²) < 4.78 is 7.63. The zero-order valence-electron chi connectivity index (χ0n) is 27.9. The predicted octanol–water partition coefficient (Wildman–Crippen LogP) is 13.6. The van der Waals surface area contributed by atoms with Gasteiger partial charge in [0.25, 0.3) is 0 Å².